The number of nitrogen functional groups attached to an aromatic ring is 1. The fourth-order valence-corrected chi connectivity index (χ4v) is 7.04. The summed E-state index contributed by atoms with van der Waals surface area (Å²) in [5.74, 6) is 0.481. The third-order valence-electron chi connectivity index (χ3n) is 9.82. The van der Waals surface area contributed by atoms with E-state index in [9.17, 15) is 4.79 Å². The summed E-state index contributed by atoms with van der Waals surface area (Å²) in [4.78, 5) is 23.3. The van der Waals surface area contributed by atoms with Gasteiger partial charge in [-0.15, -0.1) is 0 Å². The number of nitrogens with one attached hydrogen (secondary N) is 1. The molecule has 2 aromatic carbocycles. The molecule has 2 unspecified atom stereocenters. The predicted octanol–water partition coefficient (Wildman–Crippen LogP) is 5.15. The quantitative estimate of drug-likeness (QED) is 0.339. The normalized spacial score (nSPS) is 23.4. The summed E-state index contributed by atoms with van der Waals surface area (Å²) in [7, 11) is 1.84. The average molecular weight is 551 g/mol. The standard InChI is InChI=1S/C34H42N6O/c1-23-5-4-16-40(23)34(2)14-12-24-6-7-26(19-27(24)13-15-34)28-20-30(33(36)37-21-28)32(35)25-8-10-29(11-9-25)39-18-17-38(3)31(41)22-39/h6-11,19-21,23,35H,4-5,12-18,22H2,1-3H3,(H2,36,37). The van der Waals surface area contributed by atoms with Gasteiger partial charge in [-0.25, -0.2) is 4.98 Å². The molecule has 3 aliphatic rings. The second kappa shape index (κ2) is 10.9. The van der Waals surface area contributed by atoms with Gasteiger partial charge in [-0.2, -0.15) is 0 Å². The van der Waals surface area contributed by atoms with Crippen LogP contribution in [0.2, 0.25) is 0 Å². The zero-order valence-electron chi connectivity index (χ0n) is 24.6. The number of likely N-dealkylation sites (tertiary alicyclic amines) is 1. The molecule has 1 aromatic heterocycles. The number of hydrogen-bond acceptors (Lipinski definition) is 6. The first kappa shape index (κ1) is 27.5. The topological polar surface area (TPSA) is 89.5 Å². The maximum atomic E-state index is 12.1. The van der Waals surface area contributed by atoms with E-state index < -0.39 is 0 Å². The Hall–Kier alpha value is -3.71. The molecule has 0 radical (unpaired) electrons. The number of carbonyl (C=O) groups excluding carboxylic acids is 1. The van der Waals surface area contributed by atoms with E-state index in [0.29, 0.717) is 36.2 Å². The number of pyridine rings is 1. The summed E-state index contributed by atoms with van der Waals surface area (Å²) >= 11 is 0. The average Bonchev–Trinajstić information content (AvgIpc) is 3.35. The lowest BCUT2D eigenvalue weighted by atomic mass is 9.89. The number of aromatic nitrogens is 1. The molecule has 6 rings (SSSR count). The van der Waals surface area contributed by atoms with Crippen LogP contribution in [-0.2, 0) is 17.6 Å². The summed E-state index contributed by atoms with van der Waals surface area (Å²) < 4.78 is 0. The molecule has 214 valence electrons. The van der Waals surface area contributed by atoms with Gasteiger partial charge in [0, 0.05) is 60.3 Å². The van der Waals surface area contributed by atoms with Crippen LogP contribution in [0.1, 0.15) is 61.8 Å². The second-order valence-corrected chi connectivity index (χ2v) is 12.5. The van der Waals surface area contributed by atoms with Gasteiger partial charge in [0.15, 0.2) is 0 Å². The molecule has 3 N–H and O–H groups in total. The number of nitrogens with zero attached hydrogens (tertiary/aromatic N) is 4. The van der Waals surface area contributed by atoms with Gasteiger partial charge in [0.1, 0.15) is 5.82 Å². The molecule has 1 aliphatic carbocycles. The van der Waals surface area contributed by atoms with Crippen molar-refractivity contribution in [2.75, 3.05) is 43.9 Å². The molecule has 2 fully saturated rings. The number of likely N-dealkylation sites (N-methyl/N-ethyl adjacent to an activating group) is 1. The van der Waals surface area contributed by atoms with Crippen LogP contribution in [0.4, 0.5) is 11.5 Å². The van der Waals surface area contributed by atoms with Crippen LogP contribution in [-0.4, -0.2) is 71.2 Å². The SMILES string of the molecule is CC1CCCN1C1(C)CCc2ccc(-c3cnc(N)c(C(=N)c4ccc(N5CCN(C)C(=O)C5)cc4)c3)cc2CC1. The highest BCUT2D eigenvalue weighted by atomic mass is 16.2. The van der Waals surface area contributed by atoms with Crippen molar-refractivity contribution in [3.05, 3.63) is 77.0 Å². The largest absolute Gasteiger partial charge is 0.383 e. The monoisotopic (exact) mass is 550 g/mol. The molecular formula is C34H42N6O. The van der Waals surface area contributed by atoms with Gasteiger partial charge in [-0.05, 0) is 93.8 Å². The van der Waals surface area contributed by atoms with Crippen molar-refractivity contribution in [1.82, 2.24) is 14.8 Å². The molecule has 3 aromatic rings. The van der Waals surface area contributed by atoms with Gasteiger partial charge >= 0.3 is 0 Å². The Morgan fingerprint density at radius 2 is 1.76 bits per heavy atom. The van der Waals surface area contributed by atoms with Crippen molar-refractivity contribution in [2.45, 2.75) is 64.0 Å². The van der Waals surface area contributed by atoms with Crippen molar-refractivity contribution in [2.24, 2.45) is 0 Å². The van der Waals surface area contributed by atoms with Gasteiger partial charge in [-0.3, -0.25) is 15.1 Å². The van der Waals surface area contributed by atoms with E-state index >= 15 is 0 Å². The summed E-state index contributed by atoms with van der Waals surface area (Å²) in [6.07, 6.45) is 9.05. The second-order valence-electron chi connectivity index (χ2n) is 12.5. The summed E-state index contributed by atoms with van der Waals surface area (Å²) in [6.45, 7) is 7.98. The molecule has 0 saturated carbocycles. The Kier molecular flexibility index (Phi) is 7.32. The van der Waals surface area contributed by atoms with Crippen molar-refractivity contribution >= 4 is 23.1 Å². The highest BCUT2D eigenvalue weighted by Crippen LogP contribution is 2.38. The first-order chi connectivity index (χ1) is 19.7. The van der Waals surface area contributed by atoms with E-state index in [1.165, 1.54) is 43.4 Å². The van der Waals surface area contributed by atoms with Gasteiger partial charge in [0.05, 0.1) is 12.3 Å². The van der Waals surface area contributed by atoms with Crippen molar-refractivity contribution in [3.8, 4) is 11.1 Å². The summed E-state index contributed by atoms with van der Waals surface area (Å²) in [5, 5.41) is 8.97. The fourth-order valence-electron chi connectivity index (χ4n) is 7.04. The van der Waals surface area contributed by atoms with E-state index in [1.807, 2.05) is 43.6 Å². The van der Waals surface area contributed by atoms with Crippen LogP contribution in [0.5, 0.6) is 0 Å². The van der Waals surface area contributed by atoms with Crippen LogP contribution in [0.3, 0.4) is 0 Å². The number of rotatable bonds is 5. The maximum absolute atomic E-state index is 12.1. The molecule has 41 heavy (non-hydrogen) atoms. The minimum Gasteiger partial charge on any atom is -0.383 e. The third-order valence-corrected chi connectivity index (χ3v) is 9.82. The van der Waals surface area contributed by atoms with Crippen LogP contribution >= 0.6 is 0 Å². The smallest absolute Gasteiger partial charge is 0.241 e. The molecule has 7 nitrogen and oxygen atoms in total. The zero-order valence-corrected chi connectivity index (χ0v) is 24.6. The van der Waals surface area contributed by atoms with Gasteiger partial charge in [-0.1, -0.05) is 30.3 Å². The van der Waals surface area contributed by atoms with E-state index in [2.05, 4.69) is 46.8 Å². The number of fused-ring (bicyclic) bond motifs is 1. The number of amides is 1. The van der Waals surface area contributed by atoms with Gasteiger partial charge < -0.3 is 15.5 Å². The summed E-state index contributed by atoms with van der Waals surface area (Å²) in [6, 6.07) is 17.4. The molecule has 3 heterocycles. The number of aryl methyl sites for hydroxylation is 2. The van der Waals surface area contributed by atoms with Crippen molar-refractivity contribution < 1.29 is 4.79 Å². The lowest BCUT2D eigenvalue weighted by molar-refractivity contribution is -0.129. The number of nitrogens with two attached hydrogens (primary N) is 1. The zero-order chi connectivity index (χ0) is 28.7. The molecule has 1 amide bonds. The highest BCUT2D eigenvalue weighted by molar-refractivity contribution is 6.14. The number of piperazine rings is 1. The Balaban J connectivity index is 1.21. The molecule has 2 atom stereocenters. The molecule has 2 aliphatic heterocycles. The Morgan fingerprint density at radius 3 is 2.46 bits per heavy atom. The van der Waals surface area contributed by atoms with E-state index in [4.69, 9.17) is 11.1 Å². The van der Waals surface area contributed by atoms with Crippen LogP contribution in [0.15, 0.2) is 54.7 Å². The van der Waals surface area contributed by atoms with E-state index in [-0.39, 0.29) is 11.4 Å². The number of benzene rings is 2. The number of anilines is 2. The first-order valence-corrected chi connectivity index (χ1v) is 15.0. The van der Waals surface area contributed by atoms with Gasteiger partial charge in [0.2, 0.25) is 5.91 Å². The van der Waals surface area contributed by atoms with Crippen LogP contribution in [0, 0.1) is 5.41 Å². The van der Waals surface area contributed by atoms with E-state index in [1.54, 1.807) is 4.90 Å². The predicted molar refractivity (Wildman–Crippen MR) is 167 cm³/mol. The van der Waals surface area contributed by atoms with Gasteiger partial charge in [0.25, 0.3) is 0 Å². The molecular weight excluding hydrogens is 508 g/mol. The maximum Gasteiger partial charge on any atom is 0.241 e. The number of hydrogen-bond donors (Lipinski definition) is 2. The molecule has 7 heteroatoms. The Labute approximate surface area is 243 Å². The fraction of sp³-hybridized carbons (Fsp3) is 0.441. The van der Waals surface area contributed by atoms with Crippen LogP contribution in [0.25, 0.3) is 11.1 Å². The Bertz CT molecular complexity index is 1470. The van der Waals surface area contributed by atoms with Crippen molar-refractivity contribution in [1.29, 1.82) is 5.41 Å². The third kappa shape index (κ3) is 5.35. The number of carbonyl (C=O) groups is 1. The summed E-state index contributed by atoms with van der Waals surface area (Å²) in [5.41, 5.74) is 14.3. The highest BCUT2D eigenvalue weighted by Gasteiger charge is 2.38. The first-order valence-electron chi connectivity index (χ1n) is 15.0. The Morgan fingerprint density at radius 1 is 1.00 bits per heavy atom. The van der Waals surface area contributed by atoms with Crippen molar-refractivity contribution in [3.63, 3.8) is 0 Å². The minimum absolute atomic E-state index is 0.122. The van der Waals surface area contributed by atoms with Crippen LogP contribution < -0.4 is 10.6 Å². The lowest BCUT2D eigenvalue weighted by Crippen LogP contribution is -2.48. The van der Waals surface area contributed by atoms with E-state index in [0.717, 1.165) is 41.8 Å². The molecule has 2 saturated heterocycles. The molecule has 0 spiro atoms. The minimum atomic E-state index is 0.122. The molecule has 0 bridgehead atoms. The lowest BCUT2D eigenvalue weighted by Gasteiger charge is -2.41.